The van der Waals surface area contributed by atoms with Gasteiger partial charge in [-0.05, 0) is 63.7 Å². The minimum atomic E-state index is -0.599. The normalized spacial score (nSPS) is 19.1. The topological polar surface area (TPSA) is 63.6 Å². The molecule has 1 aromatic heterocycles. The zero-order valence-corrected chi connectivity index (χ0v) is 18.9. The molecule has 5 nitrogen and oxygen atoms in total. The molecule has 1 heterocycles. The minimum Gasteiger partial charge on any atom is -0.402 e. The number of benzene rings is 1. The number of nitrogens with two attached hydrogens (primary N) is 1. The van der Waals surface area contributed by atoms with E-state index in [-0.39, 0.29) is 24.5 Å². The van der Waals surface area contributed by atoms with Crippen molar-refractivity contribution in [2.75, 3.05) is 7.05 Å². The number of carbonyl (C=O) groups is 1. The van der Waals surface area contributed by atoms with Gasteiger partial charge in [-0.1, -0.05) is 6.07 Å². The second-order valence-corrected chi connectivity index (χ2v) is 8.88. The van der Waals surface area contributed by atoms with E-state index in [9.17, 15) is 13.6 Å². The molecule has 7 heteroatoms. The molecule has 2 aliphatic rings. The third-order valence-electron chi connectivity index (χ3n) is 6.62. The number of aryl methyl sites for hydroxylation is 1. The van der Waals surface area contributed by atoms with E-state index >= 15 is 0 Å². The van der Waals surface area contributed by atoms with Crippen LogP contribution in [0.5, 0.6) is 0 Å². The second-order valence-electron chi connectivity index (χ2n) is 8.88. The average molecular weight is 441 g/mol. The number of nitrogens with zero attached hydrogens (tertiary/aromatic N) is 3. The van der Waals surface area contributed by atoms with Crippen molar-refractivity contribution in [1.29, 1.82) is 0 Å². The summed E-state index contributed by atoms with van der Waals surface area (Å²) in [6, 6.07) is 5.83. The van der Waals surface area contributed by atoms with Crippen molar-refractivity contribution in [3.8, 4) is 0 Å². The number of hydrogen-bond acceptors (Lipinski definition) is 3. The lowest BCUT2D eigenvalue weighted by Gasteiger charge is -2.35. The van der Waals surface area contributed by atoms with Crippen molar-refractivity contribution in [1.82, 2.24) is 9.47 Å². The van der Waals surface area contributed by atoms with Crippen molar-refractivity contribution >= 4 is 12.1 Å². The first-order valence-corrected chi connectivity index (χ1v) is 11.1. The highest BCUT2D eigenvalue weighted by atomic mass is 19.1. The van der Waals surface area contributed by atoms with Crippen LogP contribution in [0.25, 0.3) is 0 Å². The number of rotatable bonds is 6. The van der Waals surface area contributed by atoms with E-state index in [4.69, 9.17) is 5.73 Å². The van der Waals surface area contributed by atoms with E-state index in [0.717, 1.165) is 54.4 Å². The summed E-state index contributed by atoms with van der Waals surface area (Å²) in [6.45, 7) is 4.05. The van der Waals surface area contributed by atoms with Crippen molar-refractivity contribution in [2.24, 2.45) is 10.7 Å². The molecule has 32 heavy (non-hydrogen) atoms. The fourth-order valence-corrected chi connectivity index (χ4v) is 4.70. The number of carbonyl (C=O) groups excluding carboxylic acids is 1. The van der Waals surface area contributed by atoms with Crippen LogP contribution in [0.2, 0.25) is 0 Å². The highest BCUT2D eigenvalue weighted by Gasteiger charge is 2.40. The molecular weight excluding hydrogens is 410 g/mol. The maximum Gasteiger partial charge on any atom is 0.256 e. The van der Waals surface area contributed by atoms with Gasteiger partial charge in [0.05, 0.1) is 12.1 Å². The van der Waals surface area contributed by atoms with Gasteiger partial charge in [-0.2, -0.15) is 0 Å². The number of aliphatic imine (C=N–C) groups is 1. The molecule has 2 N–H and O–H groups in total. The maximum absolute atomic E-state index is 14.2. The Bertz CT molecular complexity index is 1100. The lowest BCUT2D eigenvalue weighted by molar-refractivity contribution is 0.0644. The molecule has 0 spiro atoms. The van der Waals surface area contributed by atoms with Crippen LogP contribution in [-0.4, -0.2) is 40.7 Å². The lowest BCUT2D eigenvalue weighted by atomic mass is 9.91. The fourth-order valence-electron chi connectivity index (χ4n) is 4.70. The summed E-state index contributed by atoms with van der Waals surface area (Å²) in [5.41, 5.74) is 10.7. The summed E-state index contributed by atoms with van der Waals surface area (Å²) in [6.07, 6.45) is 6.14. The SMILES string of the molecule is CN=CC1=C(N)CCC(N(C(=O)c2cc(C)n(Cc3ccc(F)cc3F)c2C)C2CC2)C1. The number of aromatic nitrogens is 1. The molecule has 1 aromatic carbocycles. The molecule has 1 saturated carbocycles. The quantitative estimate of drug-likeness (QED) is 0.672. The smallest absolute Gasteiger partial charge is 0.256 e. The molecule has 4 rings (SSSR count). The van der Waals surface area contributed by atoms with Crippen LogP contribution in [0.4, 0.5) is 8.78 Å². The van der Waals surface area contributed by atoms with Gasteiger partial charge in [-0.3, -0.25) is 9.79 Å². The van der Waals surface area contributed by atoms with Crippen LogP contribution in [0.1, 0.15) is 59.4 Å². The highest BCUT2D eigenvalue weighted by Crippen LogP contribution is 2.36. The Balaban J connectivity index is 1.61. The van der Waals surface area contributed by atoms with Gasteiger partial charge >= 0.3 is 0 Å². The third-order valence-corrected chi connectivity index (χ3v) is 6.62. The van der Waals surface area contributed by atoms with Gasteiger partial charge in [-0.15, -0.1) is 0 Å². The van der Waals surface area contributed by atoms with Crippen LogP contribution in [0, 0.1) is 25.5 Å². The number of allylic oxidation sites excluding steroid dienone is 1. The Labute approximate surface area is 187 Å². The number of halogens is 2. The largest absolute Gasteiger partial charge is 0.402 e. The number of hydrogen-bond donors (Lipinski definition) is 1. The van der Waals surface area contributed by atoms with Crippen LogP contribution < -0.4 is 5.73 Å². The molecule has 1 amide bonds. The van der Waals surface area contributed by atoms with Crippen molar-refractivity contribution in [2.45, 2.75) is 64.6 Å². The first-order chi connectivity index (χ1) is 15.3. The maximum atomic E-state index is 14.2. The molecule has 0 radical (unpaired) electrons. The van der Waals surface area contributed by atoms with E-state index in [1.807, 2.05) is 29.4 Å². The van der Waals surface area contributed by atoms with E-state index in [2.05, 4.69) is 4.99 Å². The predicted octanol–water partition coefficient (Wildman–Crippen LogP) is 4.50. The van der Waals surface area contributed by atoms with Gasteiger partial charge in [0, 0.05) is 54.1 Å². The first-order valence-electron chi connectivity index (χ1n) is 11.1. The average Bonchev–Trinajstić information content (AvgIpc) is 3.54. The monoisotopic (exact) mass is 440 g/mol. The molecule has 170 valence electrons. The molecule has 0 saturated heterocycles. The molecule has 1 atom stereocenters. The standard InChI is InChI=1S/C25H30F2N4O/c1-15-10-22(16(2)30(15)14-17-4-5-19(26)12-23(17)27)25(32)31(20-6-7-20)21-8-9-24(28)18(11-21)13-29-3/h4-5,10,12-13,20-21H,6-9,11,14,28H2,1-3H3. The van der Waals surface area contributed by atoms with E-state index in [1.165, 1.54) is 12.1 Å². The van der Waals surface area contributed by atoms with Gasteiger partial charge in [0.15, 0.2) is 0 Å². The molecule has 1 unspecified atom stereocenters. The molecule has 0 bridgehead atoms. The Kier molecular flexibility index (Phi) is 6.17. The second kappa shape index (κ2) is 8.88. The summed E-state index contributed by atoms with van der Waals surface area (Å²) in [5, 5.41) is 0. The van der Waals surface area contributed by atoms with Crippen molar-refractivity contribution in [3.63, 3.8) is 0 Å². The highest BCUT2D eigenvalue weighted by molar-refractivity contribution is 5.96. The summed E-state index contributed by atoms with van der Waals surface area (Å²) in [4.78, 5) is 19.9. The summed E-state index contributed by atoms with van der Waals surface area (Å²) in [5.74, 6) is -1.16. The van der Waals surface area contributed by atoms with Gasteiger partial charge in [0.1, 0.15) is 11.6 Å². The Hall–Kier alpha value is -2.96. The molecule has 1 fully saturated rings. The third kappa shape index (κ3) is 4.33. The van der Waals surface area contributed by atoms with Crippen LogP contribution in [0.3, 0.4) is 0 Å². The summed E-state index contributed by atoms with van der Waals surface area (Å²) < 4.78 is 29.4. The molecule has 2 aromatic rings. The van der Waals surface area contributed by atoms with Crippen LogP contribution in [-0.2, 0) is 6.54 Å². The first kappa shape index (κ1) is 22.2. The van der Waals surface area contributed by atoms with E-state index in [1.54, 1.807) is 13.3 Å². The van der Waals surface area contributed by atoms with Crippen LogP contribution >= 0.6 is 0 Å². The van der Waals surface area contributed by atoms with Gasteiger partial charge < -0.3 is 15.2 Å². The predicted molar refractivity (Wildman–Crippen MR) is 122 cm³/mol. The molecule has 2 aliphatic carbocycles. The minimum absolute atomic E-state index is 0.0182. The zero-order valence-electron chi connectivity index (χ0n) is 18.9. The van der Waals surface area contributed by atoms with Gasteiger partial charge in [-0.25, -0.2) is 8.78 Å². The van der Waals surface area contributed by atoms with E-state index in [0.29, 0.717) is 17.5 Å². The number of amides is 1. The Morgan fingerprint density at radius 2 is 1.97 bits per heavy atom. The van der Waals surface area contributed by atoms with Gasteiger partial charge in [0.2, 0.25) is 0 Å². The fraction of sp³-hybridized carbons (Fsp3) is 0.440. The van der Waals surface area contributed by atoms with E-state index < -0.39 is 11.6 Å². The Morgan fingerprint density at radius 1 is 1.22 bits per heavy atom. The van der Waals surface area contributed by atoms with Gasteiger partial charge in [0.25, 0.3) is 5.91 Å². The van der Waals surface area contributed by atoms with Crippen LogP contribution in [0.15, 0.2) is 40.5 Å². The lowest BCUT2D eigenvalue weighted by Crippen LogP contribution is -2.44. The Morgan fingerprint density at radius 3 is 2.62 bits per heavy atom. The van der Waals surface area contributed by atoms with Crippen molar-refractivity contribution in [3.05, 3.63) is 69.7 Å². The van der Waals surface area contributed by atoms with Crippen molar-refractivity contribution < 1.29 is 13.6 Å². The summed E-state index contributed by atoms with van der Waals surface area (Å²) >= 11 is 0. The summed E-state index contributed by atoms with van der Waals surface area (Å²) in [7, 11) is 1.73. The molecule has 0 aliphatic heterocycles. The zero-order chi connectivity index (χ0) is 23.0. The molecular formula is C25H30F2N4O.